The van der Waals surface area contributed by atoms with Gasteiger partial charge in [0.05, 0.1) is 30.1 Å². The molecule has 0 radical (unpaired) electrons. The van der Waals surface area contributed by atoms with Crippen LogP contribution in [0.2, 0.25) is 0 Å². The molecule has 5 heterocycles. The molecule has 2 fully saturated rings. The number of nitrogens with zero attached hydrogens (tertiary/aromatic N) is 9. The lowest BCUT2D eigenvalue weighted by molar-refractivity contribution is -0.123. The molecule has 0 spiro atoms. The number of aryl methyl sites for hydroxylation is 1. The van der Waals surface area contributed by atoms with Crippen molar-refractivity contribution in [3.05, 3.63) is 88.2 Å². The van der Waals surface area contributed by atoms with E-state index in [2.05, 4.69) is 20.5 Å². The van der Waals surface area contributed by atoms with Crippen LogP contribution < -0.4 is 20.5 Å². The molecule has 1 aliphatic heterocycles. The largest absolute Gasteiger partial charge is 0.481 e. The number of aliphatic hydroxyl groups excluding tert-OH is 1. The molecule has 1 saturated heterocycles. The van der Waals surface area contributed by atoms with Gasteiger partial charge < -0.3 is 29.5 Å². The van der Waals surface area contributed by atoms with Gasteiger partial charge in [-0.1, -0.05) is 37.3 Å². The summed E-state index contributed by atoms with van der Waals surface area (Å²) < 4.78 is 9.85. The molecule has 2 N–H and O–H groups in total. The molecular weight excluding hydrogens is 628 g/mol. The number of aliphatic hydroxyl groups is 1. The fraction of sp³-hybridized carbons (Fsp3) is 0.382. The monoisotopic (exact) mass is 666 g/mol. The van der Waals surface area contributed by atoms with Gasteiger partial charge >= 0.3 is 0 Å². The van der Waals surface area contributed by atoms with Gasteiger partial charge in [-0.05, 0) is 30.9 Å². The summed E-state index contributed by atoms with van der Waals surface area (Å²) >= 11 is 0. The van der Waals surface area contributed by atoms with Crippen LogP contribution in [0.3, 0.4) is 0 Å². The molecule has 2 amide bonds. The summed E-state index contributed by atoms with van der Waals surface area (Å²) in [5, 5.41) is 23.0. The SMILES string of the molecule is CCc1c(N2CCN(C(=O)c3cnn(C)c3)CC2)c(=O)n2nc(-c3ccnc(OC)c3)nc2n1CC(=O)NC1(C(O)c2ccccc2)CC1. The summed E-state index contributed by atoms with van der Waals surface area (Å²) in [5.41, 5.74) is 1.73. The van der Waals surface area contributed by atoms with Gasteiger partial charge in [0.25, 0.3) is 11.5 Å². The van der Waals surface area contributed by atoms with Crippen LogP contribution in [0.25, 0.3) is 17.2 Å². The molecule has 1 saturated carbocycles. The fourth-order valence-corrected chi connectivity index (χ4v) is 6.58. The number of hydrogen-bond donors (Lipinski definition) is 2. The lowest BCUT2D eigenvalue weighted by atomic mass is 10.0. The van der Waals surface area contributed by atoms with Crippen LogP contribution in [-0.2, 0) is 24.8 Å². The quantitative estimate of drug-likeness (QED) is 0.224. The van der Waals surface area contributed by atoms with Gasteiger partial charge in [0.2, 0.25) is 17.6 Å². The smallest absolute Gasteiger partial charge is 0.299 e. The van der Waals surface area contributed by atoms with Gasteiger partial charge in [-0.15, -0.1) is 5.10 Å². The van der Waals surface area contributed by atoms with Crippen molar-refractivity contribution in [2.24, 2.45) is 7.05 Å². The third-order valence-corrected chi connectivity index (χ3v) is 9.32. The summed E-state index contributed by atoms with van der Waals surface area (Å²) in [6, 6.07) is 12.7. The van der Waals surface area contributed by atoms with Crippen molar-refractivity contribution in [1.29, 1.82) is 0 Å². The van der Waals surface area contributed by atoms with Crippen LogP contribution in [0.5, 0.6) is 5.88 Å². The normalized spacial score (nSPS) is 16.1. The summed E-state index contributed by atoms with van der Waals surface area (Å²) in [7, 11) is 3.27. The third-order valence-electron chi connectivity index (χ3n) is 9.32. The molecule has 15 nitrogen and oxygen atoms in total. The molecule has 254 valence electrons. The number of nitrogens with one attached hydrogen (secondary N) is 1. The molecule has 1 unspecified atom stereocenters. The highest BCUT2D eigenvalue weighted by atomic mass is 16.5. The minimum Gasteiger partial charge on any atom is -0.481 e. The predicted octanol–water partition coefficient (Wildman–Crippen LogP) is 1.60. The summed E-state index contributed by atoms with van der Waals surface area (Å²) in [4.78, 5) is 53.9. The Bertz CT molecular complexity index is 2080. The Morgan fingerprint density at radius 1 is 1.10 bits per heavy atom. The maximum absolute atomic E-state index is 14.3. The van der Waals surface area contributed by atoms with Gasteiger partial charge in [0.15, 0.2) is 5.82 Å². The van der Waals surface area contributed by atoms with Gasteiger partial charge in [-0.25, -0.2) is 4.98 Å². The predicted molar refractivity (Wildman–Crippen MR) is 179 cm³/mol. The van der Waals surface area contributed by atoms with Crippen molar-refractivity contribution >= 4 is 23.3 Å². The van der Waals surface area contributed by atoms with Gasteiger partial charge in [0, 0.05) is 57.3 Å². The standard InChI is InChI=1S/C34H38N10O5/c1-4-25-28(41-14-16-42(17-15-41)31(47)24-19-36-40(2)20-24)32(48)44-33(37-30(39-44)23-10-13-35-27(18-23)49-3)43(25)21-26(45)38-34(11-12-34)29(46)22-8-6-5-7-9-22/h5-10,13,18-20,29,46H,4,11-12,14-17,21H2,1-3H3,(H,38,45). The Morgan fingerprint density at radius 3 is 2.51 bits per heavy atom. The number of hydrogen-bond acceptors (Lipinski definition) is 10. The third kappa shape index (κ3) is 6.01. The number of rotatable bonds is 10. The first kappa shape index (κ1) is 32.0. The zero-order chi connectivity index (χ0) is 34.3. The molecule has 15 heteroatoms. The number of fused-ring (bicyclic) bond motifs is 1. The lowest BCUT2D eigenvalue weighted by Crippen LogP contribution is -2.51. The van der Waals surface area contributed by atoms with Crippen molar-refractivity contribution < 1.29 is 19.4 Å². The first-order valence-electron chi connectivity index (χ1n) is 16.3. The molecule has 49 heavy (non-hydrogen) atoms. The van der Waals surface area contributed by atoms with E-state index in [1.165, 1.54) is 11.6 Å². The van der Waals surface area contributed by atoms with Gasteiger partial charge in [0.1, 0.15) is 18.3 Å². The second-order valence-electron chi connectivity index (χ2n) is 12.5. The first-order valence-corrected chi connectivity index (χ1v) is 16.3. The second-order valence-corrected chi connectivity index (χ2v) is 12.5. The second kappa shape index (κ2) is 12.8. The van der Waals surface area contributed by atoms with E-state index in [4.69, 9.17) is 9.72 Å². The Morgan fingerprint density at radius 2 is 1.86 bits per heavy atom. The molecule has 1 atom stereocenters. The highest BCUT2D eigenvalue weighted by molar-refractivity contribution is 5.94. The highest BCUT2D eigenvalue weighted by Gasteiger charge is 2.50. The number of carbonyl (C=O) groups excluding carboxylic acids is 2. The van der Waals surface area contributed by atoms with Crippen LogP contribution >= 0.6 is 0 Å². The number of methoxy groups -OCH3 is 1. The van der Waals surface area contributed by atoms with Crippen LogP contribution in [0.15, 0.2) is 65.8 Å². The average molecular weight is 667 g/mol. The van der Waals surface area contributed by atoms with Crippen molar-refractivity contribution in [1.82, 2.24) is 44.1 Å². The minimum absolute atomic E-state index is 0.117. The lowest BCUT2D eigenvalue weighted by Gasteiger charge is -2.36. The minimum atomic E-state index is -0.861. The summed E-state index contributed by atoms with van der Waals surface area (Å²) in [6.07, 6.45) is 5.65. The van der Waals surface area contributed by atoms with Crippen molar-refractivity contribution in [3.8, 4) is 17.3 Å². The number of carbonyl (C=O) groups is 2. The van der Waals surface area contributed by atoms with E-state index < -0.39 is 11.6 Å². The number of benzene rings is 1. The molecule has 5 aromatic rings. The maximum Gasteiger partial charge on any atom is 0.299 e. The maximum atomic E-state index is 14.3. The zero-order valence-electron chi connectivity index (χ0n) is 27.6. The summed E-state index contributed by atoms with van der Waals surface area (Å²) in [5.74, 6) is 0.418. The van der Waals surface area contributed by atoms with E-state index in [-0.39, 0.29) is 35.5 Å². The zero-order valence-corrected chi connectivity index (χ0v) is 27.6. The Hall–Kier alpha value is -5.57. The number of pyridine rings is 1. The molecule has 4 aromatic heterocycles. The van der Waals surface area contributed by atoms with E-state index in [1.54, 1.807) is 51.9 Å². The van der Waals surface area contributed by atoms with Crippen LogP contribution in [-0.4, -0.2) is 94.6 Å². The number of aromatic nitrogens is 7. The van der Waals surface area contributed by atoms with E-state index in [9.17, 15) is 19.5 Å². The van der Waals surface area contributed by atoms with Crippen LogP contribution in [0.4, 0.5) is 5.69 Å². The number of ether oxygens (including phenoxy) is 1. The van der Waals surface area contributed by atoms with E-state index in [1.807, 2.05) is 42.2 Å². The number of amides is 2. The molecular formula is C34H38N10O5. The van der Waals surface area contributed by atoms with Gasteiger partial charge in [-0.3, -0.25) is 19.1 Å². The number of piperazine rings is 1. The van der Waals surface area contributed by atoms with Crippen LogP contribution in [0, 0.1) is 0 Å². The van der Waals surface area contributed by atoms with E-state index in [0.29, 0.717) is 73.8 Å². The Balaban J connectivity index is 1.24. The highest BCUT2D eigenvalue weighted by Crippen LogP contribution is 2.46. The number of anilines is 1. The molecule has 2 aliphatic rings. The Kier molecular flexibility index (Phi) is 8.36. The molecule has 0 bridgehead atoms. The van der Waals surface area contributed by atoms with Crippen molar-refractivity contribution in [2.45, 2.75) is 44.4 Å². The van der Waals surface area contributed by atoms with Crippen LogP contribution in [0.1, 0.15) is 47.5 Å². The Labute approximate surface area is 281 Å². The summed E-state index contributed by atoms with van der Waals surface area (Å²) in [6.45, 7) is 3.38. The average Bonchev–Trinajstić information content (AvgIpc) is 3.53. The van der Waals surface area contributed by atoms with Gasteiger partial charge in [-0.2, -0.15) is 14.6 Å². The first-order chi connectivity index (χ1) is 23.7. The van der Waals surface area contributed by atoms with Crippen molar-refractivity contribution in [3.63, 3.8) is 0 Å². The molecule has 7 rings (SSSR count). The topological polar surface area (TPSA) is 165 Å². The van der Waals surface area contributed by atoms with E-state index in [0.717, 1.165) is 5.56 Å². The molecule has 1 aliphatic carbocycles. The van der Waals surface area contributed by atoms with E-state index >= 15 is 0 Å². The molecule has 1 aromatic carbocycles. The van der Waals surface area contributed by atoms with Crippen molar-refractivity contribution in [2.75, 3.05) is 38.2 Å². The fourth-order valence-electron chi connectivity index (χ4n) is 6.58.